The second-order valence-electron chi connectivity index (χ2n) is 9.53. The predicted molar refractivity (Wildman–Crippen MR) is 155 cm³/mol. The number of amides is 5. The second kappa shape index (κ2) is 13.1. The Kier molecular flexibility index (Phi) is 9.32. The summed E-state index contributed by atoms with van der Waals surface area (Å²) in [6.07, 6.45) is 3.06. The van der Waals surface area contributed by atoms with E-state index in [2.05, 4.69) is 26.0 Å². The molecule has 4 aromatic rings. The maximum Gasteiger partial charge on any atom is 0.323 e. The summed E-state index contributed by atoms with van der Waals surface area (Å²) in [4.78, 5) is 55.8. The average molecular weight is 595 g/mol. The summed E-state index contributed by atoms with van der Waals surface area (Å²) in [5.41, 5.74) is 6.93. The number of hydrogen-bond donors (Lipinski definition) is 4. The van der Waals surface area contributed by atoms with Crippen molar-refractivity contribution in [3.05, 3.63) is 83.0 Å². The first-order valence-electron chi connectivity index (χ1n) is 12.8. The molecule has 0 saturated carbocycles. The van der Waals surface area contributed by atoms with E-state index in [9.17, 15) is 23.6 Å². The summed E-state index contributed by atoms with van der Waals surface area (Å²) in [5.74, 6) is -2.40. The quantitative estimate of drug-likeness (QED) is 0.219. The van der Waals surface area contributed by atoms with Crippen LogP contribution in [0.5, 0.6) is 0 Å². The van der Waals surface area contributed by atoms with Gasteiger partial charge in [0.05, 0.1) is 29.0 Å². The van der Waals surface area contributed by atoms with Gasteiger partial charge in [0.25, 0.3) is 5.91 Å². The second-order valence-corrected chi connectivity index (χ2v) is 9.94. The lowest BCUT2D eigenvalue weighted by Gasteiger charge is -2.26. The number of fused-ring (bicyclic) bond motifs is 1. The fourth-order valence-corrected chi connectivity index (χ4v) is 4.35. The van der Waals surface area contributed by atoms with Crippen LogP contribution in [0.2, 0.25) is 5.02 Å². The Morgan fingerprint density at radius 1 is 1.07 bits per heavy atom. The SMILES string of the molecule is CC(C)N(CC(=O)NCc1cccc(Cl)c1F)C(=O)Cn1nc(C(N)=O)c2cc(NC(=O)Nc3cccnc3)ccc21. The van der Waals surface area contributed by atoms with E-state index in [1.54, 1.807) is 50.4 Å². The van der Waals surface area contributed by atoms with Crippen molar-refractivity contribution in [2.45, 2.75) is 33.0 Å². The van der Waals surface area contributed by atoms with E-state index in [4.69, 9.17) is 17.3 Å². The maximum absolute atomic E-state index is 14.2. The molecular weight excluding hydrogens is 567 g/mol. The van der Waals surface area contributed by atoms with E-state index in [0.29, 0.717) is 22.3 Å². The van der Waals surface area contributed by atoms with E-state index in [1.165, 1.54) is 34.0 Å². The van der Waals surface area contributed by atoms with Crippen molar-refractivity contribution in [2.24, 2.45) is 5.73 Å². The van der Waals surface area contributed by atoms with Gasteiger partial charge in [-0.1, -0.05) is 23.7 Å². The third-order valence-corrected chi connectivity index (χ3v) is 6.50. The molecule has 0 fully saturated rings. The Hall–Kier alpha value is -5.04. The third-order valence-electron chi connectivity index (χ3n) is 6.21. The Bertz CT molecular complexity index is 1640. The largest absolute Gasteiger partial charge is 0.364 e. The number of rotatable bonds is 10. The van der Waals surface area contributed by atoms with Gasteiger partial charge in [0, 0.05) is 35.4 Å². The van der Waals surface area contributed by atoms with Crippen LogP contribution >= 0.6 is 11.6 Å². The van der Waals surface area contributed by atoms with E-state index >= 15 is 0 Å². The summed E-state index contributed by atoms with van der Waals surface area (Å²) < 4.78 is 15.5. The topological polar surface area (TPSA) is 164 Å². The number of nitrogens with two attached hydrogens (primary N) is 1. The minimum absolute atomic E-state index is 0.0570. The molecule has 0 aliphatic carbocycles. The number of pyridine rings is 1. The molecule has 0 atom stereocenters. The molecule has 2 aromatic heterocycles. The molecule has 42 heavy (non-hydrogen) atoms. The van der Waals surface area contributed by atoms with Crippen molar-refractivity contribution >= 4 is 57.6 Å². The molecule has 5 N–H and O–H groups in total. The summed E-state index contributed by atoms with van der Waals surface area (Å²) in [7, 11) is 0. The number of hydrogen-bond acceptors (Lipinski definition) is 6. The van der Waals surface area contributed by atoms with Gasteiger partial charge in [-0.15, -0.1) is 0 Å². The van der Waals surface area contributed by atoms with Crippen LogP contribution < -0.4 is 21.7 Å². The fraction of sp³-hybridized carbons (Fsp3) is 0.214. The van der Waals surface area contributed by atoms with Crippen molar-refractivity contribution in [3.63, 3.8) is 0 Å². The summed E-state index contributed by atoms with van der Waals surface area (Å²) >= 11 is 5.80. The highest BCUT2D eigenvalue weighted by molar-refractivity contribution is 6.30. The zero-order chi connectivity index (χ0) is 30.4. The number of urea groups is 1. The van der Waals surface area contributed by atoms with Crippen LogP contribution in [0, 0.1) is 5.82 Å². The van der Waals surface area contributed by atoms with Gasteiger partial charge in [0.1, 0.15) is 12.4 Å². The number of halogens is 2. The van der Waals surface area contributed by atoms with Crippen LogP contribution in [-0.2, 0) is 22.7 Å². The maximum atomic E-state index is 14.2. The molecule has 0 aliphatic heterocycles. The van der Waals surface area contributed by atoms with Gasteiger partial charge in [0.15, 0.2) is 5.69 Å². The average Bonchev–Trinajstić information content (AvgIpc) is 3.30. The molecule has 0 unspecified atom stereocenters. The zero-order valence-electron chi connectivity index (χ0n) is 22.7. The van der Waals surface area contributed by atoms with Crippen LogP contribution in [0.1, 0.15) is 29.9 Å². The third kappa shape index (κ3) is 7.18. The molecule has 0 saturated heterocycles. The van der Waals surface area contributed by atoms with Gasteiger partial charge in [-0.25, -0.2) is 9.18 Å². The van der Waals surface area contributed by atoms with Crippen LogP contribution in [0.25, 0.3) is 10.9 Å². The molecular formula is C28H28ClFN8O4. The highest BCUT2D eigenvalue weighted by Gasteiger charge is 2.24. The van der Waals surface area contributed by atoms with Gasteiger partial charge < -0.3 is 26.6 Å². The molecule has 12 nitrogen and oxygen atoms in total. The molecule has 2 heterocycles. The molecule has 2 aromatic carbocycles. The van der Waals surface area contributed by atoms with Crippen molar-refractivity contribution in [3.8, 4) is 0 Å². The molecule has 0 aliphatic rings. The number of primary amides is 1. The Labute approximate surface area is 245 Å². The Balaban J connectivity index is 1.47. The number of nitrogens with one attached hydrogen (secondary N) is 3. The molecule has 0 bridgehead atoms. The first-order chi connectivity index (χ1) is 20.0. The molecule has 14 heteroatoms. The normalized spacial score (nSPS) is 10.9. The molecule has 0 radical (unpaired) electrons. The van der Waals surface area contributed by atoms with E-state index in [-0.39, 0.29) is 42.0 Å². The highest BCUT2D eigenvalue weighted by Crippen LogP contribution is 2.24. The van der Waals surface area contributed by atoms with Crippen molar-refractivity contribution in [1.29, 1.82) is 0 Å². The zero-order valence-corrected chi connectivity index (χ0v) is 23.5. The first kappa shape index (κ1) is 29.9. The number of carbonyl (C=O) groups is 4. The monoisotopic (exact) mass is 594 g/mol. The number of anilines is 2. The first-order valence-corrected chi connectivity index (χ1v) is 13.2. The number of aromatic nitrogens is 3. The van der Waals surface area contributed by atoms with Crippen molar-refractivity contribution < 1.29 is 23.6 Å². The van der Waals surface area contributed by atoms with Crippen LogP contribution in [0.15, 0.2) is 60.9 Å². The van der Waals surface area contributed by atoms with Gasteiger partial charge in [-0.2, -0.15) is 5.10 Å². The number of carbonyl (C=O) groups excluding carboxylic acids is 4. The predicted octanol–water partition coefficient (Wildman–Crippen LogP) is 3.52. The molecule has 218 valence electrons. The summed E-state index contributed by atoms with van der Waals surface area (Å²) in [5, 5.41) is 12.4. The Morgan fingerprint density at radius 3 is 2.52 bits per heavy atom. The number of nitrogens with zero attached hydrogens (tertiary/aromatic N) is 4. The van der Waals surface area contributed by atoms with Crippen LogP contribution in [0.3, 0.4) is 0 Å². The van der Waals surface area contributed by atoms with Crippen LogP contribution in [-0.4, -0.2) is 56.0 Å². The van der Waals surface area contributed by atoms with Crippen molar-refractivity contribution in [2.75, 3.05) is 17.2 Å². The number of benzene rings is 2. The van der Waals surface area contributed by atoms with Crippen molar-refractivity contribution in [1.82, 2.24) is 25.0 Å². The Morgan fingerprint density at radius 2 is 1.83 bits per heavy atom. The van der Waals surface area contributed by atoms with E-state index < -0.39 is 29.6 Å². The van der Waals surface area contributed by atoms with Gasteiger partial charge in [-0.3, -0.25) is 24.0 Å². The van der Waals surface area contributed by atoms with E-state index in [0.717, 1.165) is 0 Å². The molecule has 4 rings (SSSR count). The van der Waals surface area contributed by atoms with E-state index in [1.807, 2.05) is 0 Å². The van der Waals surface area contributed by atoms with Gasteiger partial charge >= 0.3 is 6.03 Å². The summed E-state index contributed by atoms with van der Waals surface area (Å²) in [6, 6.07) is 11.6. The fourth-order valence-electron chi connectivity index (χ4n) is 4.16. The smallest absolute Gasteiger partial charge is 0.323 e. The lowest BCUT2D eigenvalue weighted by Crippen LogP contribution is -2.45. The minimum Gasteiger partial charge on any atom is -0.364 e. The highest BCUT2D eigenvalue weighted by atomic mass is 35.5. The molecule has 0 spiro atoms. The lowest BCUT2D eigenvalue weighted by atomic mass is 10.2. The minimum atomic E-state index is -0.823. The molecule has 5 amide bonds. The van der Waals surface area contributed by atoms with Crippen LogP contribution in [0.4, 0.5) is 20.6 Å². The summed E-state index contributed by atoms with van der Waals surface area (Å²) in [6.45, 7) is 2.79. The van der Waals surface area contributed by atoms with Gasteiger partial charge in [0.2, 0.25) is 11.8 Å². The van der Waals surface area contributed by atoms with Gasteiger partial charge in [-0.05, 0) is 50.2 Å². The standard InChI is InChI=1S/C28H28ClFN8O4/c1-16(2)37(14-23(39)33-12-17-5-3-7-21(29)25(17)30)24(40)15-38-22-9-8-18(11-20(22)26(36-38)27(31)41)34-28(42)35-19-6-4-10-32-13-19/h3-11,13,16H,12,14-15H2,1-2H3,(H2,31,41)(H,33,39)(H2,34,35,42). The lowest BCUT2D eigenvalue weighted by molar-refractivity contribution is -0.138.